The lowest BCUT2D eigenvalue weighted by Crippen LogP contribution is -2.53. The summed E-state index contributed by atoms with van der Waals surface area (Å²) in [5.74, 6) is 0.915. The Bertz CT molecular complexity index is 568. The predicted octanol–water partition coefficient (Wildman–Crippen LogP) is 3.29. The van der Waals surface area contributed by atoms with E-state index in [0.29, 0.717) is 18.4 Å². The Balaban J connectivity index is 1.89. The molecular weight excluding hydrogens is 306 g/mol. The van der Waals surface area contributed by atoms with Crippen molar-refractivity contribution in [3.05, 3.63) is 11.6 Å². The average Bonchev–Trinajstić information content (AvgIpc) is 2.78. The van der Waals surface area contributed by atoms with Crippen LogP contribution >= 0.6 is 0 Å². The van der Waals surface area contributed by atoms with Crippen LogP contribution < -0.4 is 5.32 Å². The fraction of sp³-hybridized carbons (Fsp3) is 0.789. The Labute approximate surface area is 144 Å². The molecule has 0 aromatic heterocycles. The fourth-order valence-corrected chi connectivity index (χ4v) is 5.18. The van der Waals surface area contributed by atoms with Crippen molar-refractivity contribution in [3.8, 4) is 0 Å². The van der Waals surface area contributed by atoms with Gasteiger partial charge in [0.05, 0.1) is 12.5 Å². The maximum absolute atomic E-state index is 12.2. The molecule has 3 aliphatic rings. The second-order valence-electron chi connectivity index (χ2n) is 8.05. The van der Waals surface area contributed by atoms with E-state index in [2.05, 4.69) is 32.2 Å². The predicted molar refractivity (Wildman–Crippen MR) is 90.2 cm³/mol. The third-order valence-corrected chi connectivity index (χ3v) is 6.48. The third kappa shape index (κ3) is 2.62. The van der Waals surface area contributed by atoms with Gasteiger partial charge in [-0.2, -0.15) is 0 Å². The van der Waals surface area contributed by atoms with Crippen molar-refractivity contribution >= 4 is 12.1 Å². The van der Waals surface area contributed by atoms with E-state index in [-0.39, 0.29) is 41.5 Å². The number of carbonyl (C=O) groups is 2. The number of esters is 1. The van der Waals surface area contributed by atoms with Crippen molar-refractivity contribution < 1.29 is 19.1 Å². The summed E-state index contributed by atoms with van der Waals surface area (Å²) in [6.45, 7) is 10.8. The Hall–Kier alpha value is -1.52. The molecule has 1 saturated heterocycles. The summed E-state index contributed by atoms with van der Waals surface area (Å²) in [6.07, 6.45) is 3.75. The maximum Gasteiger partial charge on any atom is 0.407 e. The molecule has 3 rings (SSSR count). The quantitative estimate of drug-likeness (QED) is 0.621. The first-order valence-electron chi connectivity index (χ1n) is 9.13. The molecule has 1 unspecified atom stereocenters. The van der Waals surface area contributed by atoms with Gasteiger partial charge in [0.2, 0.25) is 0 Å². The molecule has 2 aliphatic carbocycles. The second kappa shape index (κ2) is 6.08. The topological polar surface area (TPSA) is 64.6 Å². The van der Waals surface area contributed by atoms with E-state index >= 15 is 0 Å². The molecule has 0 radical (unpaired) electrons. The highest BCUT2D eigenvalue weighted by Crippen LogP contribution is 2.54. The normalized spacial score (nSPS) is 40.0. The minimum atomic E-state index is -0.356. The third-order valence-electron chi connectivity index (χ3n) is 6.48. The number of rotatable bonds is 2. The molecule has 0 bridgehead atoms. The molecule has 2 fully saturated rings. The number of carbonyl (C=O) groups excluding carboxylic acids is 2. The average molecular weight is 335 g/mol. The van der Waals surface area contributed by atoms with Crippen molar-refractivity contribution in [3.63, 3.8) is 0 Å². The van der Waals surface area contributed by atoms with Crippen LogP contribution in [0.1, 0.15) is 47.5 Å². The summed E-state index contributed by atoms with van der Waals surface area (Å²) in [6, 6.07) is 0.0256. The summed E-state index contributed by atoms with van der Waals surface area (Å²) in [5, 5.41) is 3.02. The molecule has 1 amide bonds. The summed E-state index contributed by atoms with van der Waals surface area (Å²) in [4.78, 5) is 24.1. The first kappa shape index (κ1) is 17.3. The molecule has 0 aromatic rings. The van der Waals surface area contributed by atoms with Crippen molar-refractivity contribution in [2.75, 3.05) is 6.61 Å². The molecule has 134 valence electrons. The van der Waals surface area contributed by atoms with Gasteiger partial charge in [0.1, 0.15) is 6.10 Å². The van der Waals surface area contributed by atoms with E-state index < -0.39 is 0 Å². The number of cyclic esters (lactones) is 1. The van der Waals surface area contributed by atoms with Crippen LogP contribution in [0.25, 0.3) is 0 Å². The zero-order valence-corrected chi connectivity index (χ0v) is 15.3. The largest absolute Gasteiger partial charge is 0.462 e. The van der Waals surface area contributed by atoms with Gasteiger partial charge in [-0.05, 0) is 38.5 Å². The summed E-state index contributed by atoms with van der Waals surface area (Å²) < 4.78 is 10.6. The van der Waals surface area contributed by atoms with Gasteiger partial charge in [-0.15, -0.1) is 0 Å². The van der Waals surface area contributed by atoms with Crippen LogP contribution in [0.2, 0.25) is 0 Å². The summed E-state index contributed by atoms with van der Waals surface area (Å²) in [5.41, 5.74) is 1.11. The number of ether oxygens (including phenoxy) is 2. The Morgan fingerprint density at radius 1 is 1.38 bits per heavy atom. The van der Waals surface area contributed by atoms with Gasteiger partial charge in [0.25, 0.3) is 0 Å². The van der Waals surface area contributed by atoms with Crippen LogP contribution in [-0.4, -0.2) is 30.8 Å². The van der Waals surface area contributed by atoms with E-state index in [0.717, 1.165) is 12.8 Å². The van der Waals surface area contributed by atoms with Gasteiger partial charge < -0.3 is 14.8 Å². The van der Waals surface area contributed by atoms with Crippen LogP contribution in [0.3, 0.4) is 0 Å². The van der Waals surface area contributed by atoms with Crippen molar-refractivity contribution in [2.24, 2.45) is 29.1 Å². The van der Waals surface area contributed by atoms with Gasteiger partial charge in [0.15, 0.2) is 0 Å². The number of alkyl carbamates (subject to hydrolysis) is 1. The van der Waals surface area contributed by atoms with Crippen LogP contribution in [0.15, 0.2) is 11.6 Å². The zero-order valence-electron chi connectivity index (χ0n) is 15.3. The molecule has 1 aliphatic heterocycles. The van der Waals surface area contributed by atoms with E-state index in [1.807, 2.05) is 6.92 Å². The molecule has 1 N–H and O–H groups in total. The fourth-order valence-electron chi connectivity index (χ4n) is 5.18. The van der Waals surface area contributed by atoms with Crippen molar-refractivity contribution in [2.45, 2.75) is 59.6 Å². The monoisotopic (exact) mass is 335 g/mol. The van der Waals surface area contributed by atoms with E-state index in [1.165, 1.54) is 5.57 Å². The zero-order chi connectivity index (χ0) is 17.6. The highest BCUT2D eigenvalue weighted by atomic mass is 16.6. The highest BCUT2D eigenvalue weighted by molar-refractivity contribution is 5.78. The standard InChI is InChI=1S/C19H29NO4/c1-6-23-18(22)20-15-8-7-12-10(2)16-11(3)24-17(21)13(16)9-14(12)19(15,4)5/h9-13,15-16H,6-8H2,1-5H3,(H,20,22)/t10-,11+,12-,13+,15?,16+/m0/s1. The molecule has 6 atom stereocenters. The van der Waals surface area contributed by atoms with Crippen LogP contribution in [0.5, 0.6) is 0 Å². The number of nitrogens with one attached hydrogen (secondary N) is 1. The molecule has 5 nitrogen and oxygen atoms in total. The number of fused-ring (bicyclic) bond motifs is 2. The van der Waals surface area contributed by atoms with E-state index in [4.69, 9.17) is 9.47 Å². The molecule has 1 saturated carbocycles. The minimum Gasteiger partial charge on any atom is -0.462 e. The molecule has 24 heavy (non-hydrogen) atoms. The molecule has 5 heteroatoms. The van der Waals surface area contributed by atoms with Crippen LogP contribution in [0.4, 0.5) is 4.79 Å². The van der Waals surface area contributed by atoms with Gasteiger partial charge in [0, 0.05) is 17.4 Å². The highest BCUT2D eigenvalue weighted by Gasteiger charge is 2.54. The van der Waals surface area contributed by atoms with E-state index in [9.17, 15) is 9.59 Å². The van der Waals surface area contributed by atoms with Crippen molar-refractivity contribution in [1.82, 2.24) is 5.32 Å². The Morgan fingerprint density at radius 3 is 2.75 bits per heavy atom. The van der Waals surface area contributed by atoms with Gasteiger partial charge in [-0.1, -0.05) is 32.4 Å². The maximum atomic E-state index is 12.2. The van der Waals surface area contributed by atoms with Gasteiger partial charge in [-0.25, -0.2) is 4.79 Å². The lowest BCUT2D eigenvalue weighted by Gasteiger charge is -2.50. The first-order chi connectivity index (χ1) is 11.3. The van der Waals surface area contributed by atoms with Crippen LogP contribution in [-0.2, 0) is 14.3 Å². The minimum absolute atomic E-state index is 0.00575. The lowest BCUT2D eigenvalue weighted by atomic mass is 9.55. The molecule has 0 spiro atoms. The van der Waals surface area contributed by atoms with Crippen LogP contribution in [0, 0.1) is 29.1 Å². The lowest BCUT2D eigenvalue weighted by molar-refractivity contribution is -0.142. The number of hydrogen-bond donors (Lipinski definition) is 1. The molecule has 0 aromatic carbocycles. The smallest absolute Gasteiger partial charge is 0.407 e. The second-order valence-corrected chi connectivity index (χ2v) is 8.05. The first-order valence-corrected chi connectivity index (χ1v) is 9.13. The Morgan fingerprint density at radius 2 is 2.08 bits per heavy atom. The summed E-state index contributed by atoms with van der Waals surface area (Å²) >= 11 is 0. The summed E-state index contributed by atoms with van der Waals surface area (Å²) in [7, 11) is 0. The van der Waals surface area contributed by atoms with Crippen molar-refractivity contribution in [1.29, 1.82) is 0 Å². The Kier molecular flexibility index (Phi) is 4.39. The van der Waals surface area contributed by atoms with Gasteiger partial charge in [-0.3, -0.25) is 4.79 Å². The molecular formula is C19H29NO4. The number of hydrogen-bond acceptors (Lipinski definition) is 4. The van der Waals surface area contributed by atoms with E-state index in [1.54, 1.807) is 6.92 Å². The number of amides is 1. The SMILES string of the molecule is CCOC(=O)NC1CC[C@@H]2C(=C[C@H]3C(=O)O[C@H](C)[C@H]3[C@H]2C)C1(C)C. The van der Waals surface area contributed by atoms with Gasteiger partial charge >= 0.3 is 12.1 Å². The molecule has 1 heterocycles.